The summed E-state index contributed by atoms with van der Waals surface area (Å²) >= 11 is 0. The van der Waals surface area contributed by atoms with Crippen LogP contribution in [-0.4, -0.2) is 4.98 Å². The van der Waals surface area contributed by atoms with Gasteiger partial charge in [-0.3, -0.25) is 4.98 Å². The van der Waals surface area contributed by atoms with E-state index >= 15 is 0 Å². The van der Waals surface area contributed by atoms with E-state index in [4.69, 9.17) is 0 Å². The van der Waals surface area contributed by atoms with E-state index < -0.39 is 0 Å². The summed E-state index contributed by atoms with van der Waals surface area (Å²) in [6, 6.07) is 11.6. The lowest BCUT2D eigenvalue weighted by atomic mass is 9.82. The largest absolute Gasteiger partial charge is 0.250 e. The molecule has 0 saturated carbocycles. The molecule has 0 radical (unpaired) electrons. The molecule has 1 aromatic heterocycles. The Morgan fingerprint density at radius 3 is 2.15 bits per heavy atom. The first-order chi connectivity index (χ1) is 13.2. The van der Waals surface area contributed by atoms with Crippen LogP contribution in [0.5, 0.6) is 0 Å². The monoisotopic (exact) mass is 369 g/mol. The highest BCUT2D eigenvalue weighted by atomic mass is 15.1. The minimum Gasteiger partial charge on any atom is -0.250 e. The molecule has 27 heavy (non-hydrogen) atoms. The van der Waals surface area contributed by atoms with Crippen LogP contribution in [0.2, 0.25) is 0 Å². The van der Waals surface area contributed by atoms with E-state index in [1.807, 2.05) is 6.20 Å². The van der Waals surface area contributed by atoms with Gasteiger partial charge in [-0.1, -0.05) is 102 Å². The van der Waals surface area contributed by atoms with Crippen LogP contribution < -0.4 is 4.57 Å². The number of nitrogens with one attached hydrogen (secondary N) is 1. The highest BCUT2D eigenvalue weighted by Crippen LogP contribution is 2.29. The second kappa shape index (κ2) is 12.8. The van der Waals surface area contributed by atoms with Gasteiger partial charge in [-0.25, -0.2) is 4.57 Å². The van der Waals surface area contributed by atoms with Gasteiger partial charge in [-0.15, -0.1) is 0 Å². The van der Waals surface area contributed by atoms with E-state index in [0.717, 1.165) is 0 Å². The number of unbranched alkanes of at least 4 members (excludes halogenated alkanes) is 7. The van der Waals surface area contributed by atoms with Crippen LogP contribution in [0.3, 0.4) is 0 Å². The summed E-state index contributed by atoms with van der Waals surface area (Å²) in [6.45, 7) is 7.04. The summed E-state index contributed by atoms with van der Waals surface area (Å²) < 4.78 is 2.41. The van der Waals surface area contributed by atoms with Gasteiger partial charge in [0.1, 0.15) is 18.4 Å². The first-order valence-electron chi connectivity index (χ1n) is 11.3. The van der Waals surface area contributed by atoms with Crippen LogP contribution in [0, 0.1) is 11.8 Å². The van der Waals surface area contributed by atoms with Gasteiger partial charge < -0.3 is 0 Å². The molecule has 0 amide bonds. The molecule has 2 unspecified atom stereocenters. The number of imidazole rings is 1. The molecular weight excluding hydrogens is 328 g/mol. The normalized spacial score (nSPS) is 13.8. The fourth-order valence-corrected chi connectivity index (χ4v) is 4.47. The van der Waals surface area contributed by atoms with Crippen molar-refractivity contribution in [2.24, 2.45) is 11.8 Å². The number of H-pyrrole nitrogens is 1. The summed E-state index contributed by atoms with van der Waals surface area (Å²) in [6.07, 6.45) is 20.1. The molecule has 2 nitrogen and oxygen atoms in total. The number of aromatic amines is 1. The van der Waals surface area contributed by atoms with Crippen molar-refractivity contribution < 1.29 is 4.57 Å². The zero-order valence-electron chi connectivity index (χ0n) is 17.9. The van der Waals surface area contributed by atoms with Crippen molar-refractivity contribution in [3.05, 3.63) is 54.6 Å². The van der Waals surface area contributed by atoms with Gasteiger partial charge in [-0.2, -0.15) is 0 Å². The Labute approximate surface area is 167 Å². The van der Waals surface area contributed by atoms with Gasteiger partial charge >= 0.3 is 0 Å². The maximum Gasteiger partial charge on any atom is 0.241 e. The standard InChI is InChI=1S/C25H40N2/c1-4-5-6-7-8-9-10-14-17-24(20-23-15-12-11-13-16-23)25(22(2)3)27-19-18-26-21-27/h11-13,15-16,18-19,21-22,24-25H,4-10,14,17,20H2,1-3H3/p+1. The molecule has 0 aliphatic carbocycles. The molecule has 2 rings (SSSR count). The second-order valence-electron chi connectivity index (χ2n) is 8.51. The predicted molar refractivity (Wildman–Crippen MR) is 116 cm³/mol. The lowest BCUT2D eigenvalue weighted by Gasteiger charge is -2.28. The summed E-state index contributed by atoms with van der Waals surface area (Å²) in [5, 5.41) is 0. The quantitative estimate of drug-likeness (QED) is 0.276. The number of rotatable bonds is 14. The van der Waals surface area contributed by atoms with E-state index in [1.165, 1.54) is 69.8 Å². The predicted octanol–water partition coefficient (Wildman–Crippen LogP) is 6.89. The summed E-state index contributed by atoms with van der Waals surface area (Å²) in [5.74, 6) is 1.32. The number of aromatic nitrogens is 2. The molecule has 1 N–H and O–H groups in total. The van der Waals surface area contributed by atoms with Gasteiger partial charge in [0, 0.05) is 5.92 Å². The van der Waals surface area contributed by atoms with Gasteiger partial charge in [0.2, 0.25) is 6.33 Å². The van der Waals surface area contributed by atoms with Gasteiger partial charge in [0.15, 0.2) is 0 Å². The summed E-state index contributed by atoms with van der Waals surface area (Å²) in [4.78, 5) is 3.25. The van der Waals surface area contributed by atoms with Crippen molar-refractivity contribution in [3.63, 3.8) is 0 Å². The zero-order chi connectivity index (χ0) is 19.3. The second-order valence-corrected chi connectivity index (χ2v) is 8.51. The van der Waals surface area contributed by atoms with Crippen molar-refractivity contribution in [3.8, 4) is 0 Å². The molecule has 2 heteroatoms. The molecule has 150 valence electrons. The van der Waals surface area contributed by atoms with Gasteiger partial charge in [0.25, 0.3) is 0 Å². The maximum absolute atomic E-state index is 3.25. The highest BCUT2D eigenvalue weighted by Gasteiger charge is 2.29. The van der Waals surface area contributed by atoms with E-state index in [0.29, 0.717) is 17.9 Å². The van der Waals surface area contributed by atoms with E-state index in [1.54, 1.807) is 0 Å². The smallest absolute Gasteiger partial charge is 0.241 e. The van der Waals surface area contributed by atoms with Crippen LogP contribution in [0.4, 0.5) is 0 Å². The van der Waals surface area contributed by atoms with Crippen molar-refractivity contribution in [2.45, 2.75) is 91.0 Å². The molecule has 1 aromatic carbocycles. The van der Waals surface area contributed by atoms with Gasteiger partial charge in [0.05, 0.1) is 0 Å². The Morgan fingerprint density at radius 2 is 1.56 bits per heavy atom. The minimum absolute atomic E-state index is 0.556. The van der Waals surface area contributed by atoms with Crippen molar-refractivity contribution in [2.75, 3.05) is 0 Å². The Balaban J connectivity index is 1.91. The molecule has 2 atom stereocenters. The fraction of sp³-hybridized carbons (Fsp3) is 0.640. The highest BCUT2D eigenvalue weighted by molar-refractivity contribution is 5.15. The molecule has 0 spiro atoms. The first kappa shape index (κ1) is 21.7. The lowest BCUT2D eigenvalue weighted by Crippen LogP contribution is -2.45. The molecular formula is C25H41N2+. The van der Waals surface area contributed by atoms with Crippen molar-refractivity contribution in [1.29, 1.82) is 0 Å². The molecule has 2 aromatic rings. The van der Waals surface area contributed by atoms with Crippen LogP contribution >= 0.6 is 0 Å². The molecule has 0 fully saturated rings. The molecule has 0 aliphatic heterocycles. The Bertz CT molecular complexity index is 574. The lowest BCUT2D eigenvalue weighted by molar-refractivity contribution is -0.735. The third-order valence-electron chi connectivity index (χ3n) is 5.85. The zero-order valence-corrected chi connectivity index (χ0v) is 17.9. The fourth-order valence-electron chi connectivity index (χ4n) is 4.47. The summed E-state index contributed by atoms with van der Waals surface area (Å²) in [7, 11) is 0. The molecule has 0 saturated heterocycles. The van der Waals surface area contributed by atoms with Crippen molar-refractivity contribution >= 4 is 0 Å². The Hall–Kier alpha value is -1.57. The number of hydrogen-bond acceptors (Lipinski definition) is 0. The van der Waals surface area contributed by atoms with Crippen molar-refractivity contribution in [1.82, 2.24) is 4.98 Å². The molecule has 0 aliphatic rings. The average Bonchev–Trinajstić information content (AvgIpc) is 3.18. The number of benzene rings is 1. The van der Waals surface area contributed by atoms with E-state index in [2.05, 4.69) is 73.2 Å². The van der Waals surface area contributed by atoms with Crippen LogP contribution in [0.25, 0.3) is 0 Å². The Morgan fingerprint density at radius 1 is 0.889 bits per heavy atom. The SMILES string of the molecule is CCCCCCCCCCC(Cc1ccccc1)C(C(C)C)[n+]1cc[nH]c1. The summed E-state index contributed by atoms with van der Waals surface area (Å²) in [5.41, 5.74) is 1.48. The minimum atomic E-state index is 0.556. The van der Waals surface area contributed by atoms with E-state index in [9.17, 15) is 0 Å². The van der Waals surface area contributed by atoms with Crippen LogP contribution in [0.15, 0.2) is 49.1 Å². The van der Waals surface area contributed by atoms with E-state index in [-0.39, 0.29) is 0 Å². The Kier molecular flexibility index (Phi) is 10.3. The number of hydrogen-bond donors (Lipinski definition) is 1. The van der Waals surface area contributed by atoms with Gasteiger partial charge in [-0.05, 0) is 24.3 Å². The third-order valence-corrected chi connectivity index (χ3v) is 5.85. The number of nitrogens with zero attached hydrogens (tertiary/aromatic N) is 1. The average molecular weight is 370 g/mol. The van der Waals surface area contributed by atoms with Crippen LogP contribution in [-0.2, 0) is 6.42 Å². The first-order valence-corrected chi connectivity index (χ1v) is 11.3. The topological polar surface area (TPSA) is 19.7 Å². The molecule has 1 heterocycles. The molecule has 0 bridgehead atoms. The van der Waals surface area contributed by atoms with Crippen LogP contribution in [0.1, 0.15) is 90.2 Å². The third kappa shape index (κ3) is 7.91. The maximum atomic E-state index is 3.25.